The van der Waals surface area contributed by atoms with Crippen molar-refractivity contribution in [3.05, 3.63) is 59.4 Å². The first-order chi connectivity index (χ1) is 10.1. The maximum atomic E-state index is 12.0. The monoisotopic (exact) mass is 286 g/mol. The molecular formula is C16H18N2O3. The molecule has 1 heterocycles. The molecule has 1 aromatic carbocycles. The summed E-state index contributed by atoms with van der Waals surface area (Å²) in [5.74, 6) is -1.10. The molecule has 0 radical (unpaired) electrons. The molecule has 0 aliphatic carbocycles. The summed E-state index contributed by atoms with van der Waals surface area (Å²) in [6.45, 7) is 2.47. The standard InChI is InChI=1S/C16H18N2O3/c1-2-14-13(16(20)21)8-9-18(14)11-15(19)17-10-12-6-4-3-5-7-12/h3-9H,2,10-11H2,1H3,(H,17,19)(H,20,21). The number of rotatable bonds is 6. The van der Waals surface area contributed by atoms with Crippen molar-refractivity contribution in [2.45, 2.75) is 26.4 Å². The average Bonchev–Trinajstić information content (AvgIpc) is 2.89. The Hall–Kier alpha value is -2.56. The van der Waals surface area contributed by atoms with Crippen molar-refractivity contribution in [3.63, 3.8) is 0 Å². The lowest BCUT2D eigenvalue weighted by molar-refractivity contribution is -0.121. The molecule has 2 N–H and O–H groups in total. The number of hydrogen-bond acceptors (Lipinski definition) is 2. The predicted octanol–water partition coefficient (Wildman–Crippen LogP) is 2.07. The van der Waals surface area contributed by atoms with Crippen LogP contribution >= 0.6 is 0 Å². The first-order valence-corrected chi connectivity index (χ1v) is 6.83. The van der Waals surface area contributed by atoms with Crippen molar-refractivity contribution in [2.24, 2.45) is 0 Å². The van der Waals surface area contributed by atoms with Gasteiger partial charge >= 0.3 is 5.97 Å². The number of nitrogens with one attached hydrogen (secondary N) is 1. The van der Waals surface area contributed by atoms with Gasteiger partial charge in [0.2, 0.25) is 5.91 Å². The van der Waals surface area contributed by atoms with E-state index in [0.29, 0.717) is 18.7 Å². The summed E-state index contributed by atoms with van der Waals surface area (Å²) in [5, 5.41) is 11.9. The number of carbonyl (C=O) groups is 2. The van der Waals surface area contributed by atoms with E-state index in [0.717, 1.165) is 5.56 Å². The Balaban J connectivity index is 1.98. The summed E-state index contributed by atoms with van der Waals surface area (Å²) in [5.41, 5.74) is 1.95. The van der Waals surface area contributed by atoms with Crippen LogP contribution in [-0.2, 0) is 24.3 Å². The molecule has 1 aromatic heterocycles. The van der Waals surface area contributed by atoms with Gasteiger partial charge in [-0.25, -0.2) is 4.79 Å². The molecule has 0 saturated carbocycles. The van der Waals surface area contributed by atoms with Crippen molar-refractivity contribution in [2.75, 3.05) is 0 Å². The molecule has 1 amide bonds. The lowest BCUT2D eigenvalue weighted by atomic mass is 10.2. The molecule has 21 heavy (non-hydrogen) atoms. The molecule has 0 unspecified atom stereocenters. The van der Waals surface area contributed by atoms with Gasteiger partial charge in [-0.3, -0.25) is 4.79 Å². The first kappa shape index (κ1) is 14.8. The second-order valence-corrected chi connectivity index (χ2v) is 4.73. The molecule has 2 rings (SSSR count). The van der Waals surface area contributed by atoms with E-state index < -0.39 is 5.97 Å². The van der Waals surface area contributed by atoms with Gasteiger partial charge < -0.3 is 15.0 Å². The Morgan fingerprint density at radius 1 is 1.19 bits per heavy atom. The smallest absolute Gasteiger partial charge is 0.337 e. The molecular weight excluding hydrogens is 268 g/mol. The molecule has 0 aliphatic rings. The number of carbonyl (C=O) groups excluding carboxylic acids is 1. The van der Waals surface area contributed by atoms with Crippen molar-refractivity contribution in [1.82, 2.24) is 9.88 Å². The quantitative estimate of drug-likeness (QED) is 0.854. The van der Waals surface area contributed by atoms with Gasteiger partial charge in [-0.15, -0.1) is 0 Å². The number of nitrogens with zero attached hydrogens (tertiary/aromatic N) is 1. The summed E-state index contributed by atoms with van der Waals surface area (Å²) in [7, 11) is 0. The summed E-state index contributed by atoms with van der Waals surface area (Å²) in [6.07, 6.45) is 2.21. The van der Waals surface area contributed by atoms with E-state index in [1.54, 1.807) is 10.8 Å². The second kappa shape index (κ2) is 6.74. The fourth-order valence-electron chi connectivity index (χ4n) is 2.25. The third-order valence-corrected chi connectivity index (χ3v) is 3.29. The van der Waals surface area contributed by atoms with E-state index in [4.69, 9.17) is 5.11 Å². The van der Waals surface area contributed by atoms with Crippen molar-refractivity contribution in [3.8, 4) is 0 Å². The van der Waals surface area contributed by atoms with Gasteiger partial charge in [0.25, 0.3) is 0 Å². The minimum Gasteiger partial charge on any atom is -0.478 e. The minimum atomic E-state index is -0.963. The third-order valence-electron chi connectivity index (χ3n) is 3.29. The van der Waals surface area contributed by atoms with Gasteiger partial charge in [0.1, 0.15) is 6.54 Å². The van der Waals surface area contributed by atoms with Crippen molar-refractivity contribution < 1.29 is 14.7 Å². The highest BCUT2D eigenvalue weighted by molar-refractivity contribution is 5.89. The summed E-state index contributed by atoms with van der Waals surface area (Å²) in [4.78, 5) is 23.0. The summed E-state index contributed by atoms with van der Waals surface area (Å²) < 4.78 is 1.68. The van der Waals surface area contributed by atoms with Gasteiger partial charge in [-0.1, -0.05) is 37.3 Å². The van der Waals surface area contributed by atoms with Gasteiger partial charge in [0.15, 0.2) is 0 Å². The van der Waals surface area contributed by atoms with Crippen LogP contribution in [0.4, 0.5) is 0 Å². The number of benzene rings is 1. The van der Waals surface area contributed by atoms with E-state index >= 15 is 0 Å². The minimum absolute atomic E-state index is 0.128. The van der Waals surface area contributed by atoms with Crippen LogP contribution in [0.25, 0.3) is 0 Å². The van der Waals surface area contributed by atoms with Crippen molar-refractivity contribution >= 4 is 11.9 Å². The highest BCUT2D eigenvalue weighted by Crippen LogP contribution is 2.12. The zero-order valence-electron chi connectivity index (χ0n) is 11.9. The third kappa shape index (κ3) is 3.72. The van der Waals surface area contributed by atoms with Gasteiger partial charge in [-0.05, 0) is 18.1 Å². The molecule has 0 fully saturated rings. The van der Waals surface area contributed by atoms with Gasteiger partial charge in [0.05, 0.1) is 5.56 Å². The Bertz CT molecular complexity index is 632. The molecule has 0 saturated heterocycles. The number of amides is 1. The Morgan fingerprint density at radius 3 is 2.52 bits per heavy atom. The van der Waals surface area contributed by atoms with Crippen LogP contribution < -0.4 is 5.32 Å². The normalized spacial score (nSPS) is 10.3. The predicted molar refractivity (Wildman–Crippen MR) is 79.1 cm³/mol. The van der Waals surface area contributed by atoms with Crippen LogP contribution in [0.15, 0.2) is 42.6 Å². The number of hydrogen-bond donors (Lipinski definition) is 2. The zero-order chi connectivity index (χ0) is 15.2. The summed E-state index contributed by atoms with van der Waals surface area (Å²) in [6, 6.07) is 11.2. The maximum absolute atomic E-state index is 12.0. The Morgan fingerprint density at radius 2 is 1.90 bits per heavy atom. The van der Waals surface area contributed by atoms with Gasteiger partial charge in [-0.2, -0.15) is 0 Å². The lowest BCUT2D eigenvalue weighted by Crippen LogP contribution is -2.27. The van der Waals surface area contributed by atoms with Crippen molar-refractivity contribution in [1.29, 1.82) is 0 Å². The van der Waals surface area contributed by atoms with E-state index in [9.17, 15) is 9.59 Å². The number of carboxylic acid groups (broad SMARTS) is 1. The fraction of sp³-hybridized carbons (Fsp3) is 0.250. The van der Waals surface area contributed by atoms with Crippen LogP contribution in [-0.4, -0.2) is 21.6 Å². The van der Waals surface area contributed by atoms with Crippen LogP contribution in [0.5, 0.6) is 0 Å². The average molecular weight is 286 g/mol. The molecule has 0 atom stereocenters. The molecule has 0 spiro atoms. The number of aromatic nitrogens is 1. The van der Waals surface area contributed by atoms with E-state index in [1.807, 2.05) is 37.3 Å². The van der Waals surface area contributed by atoms with Crippen LogP contribution in [0, 0.1) is 0 Å². The highest BCUT2D eigenvalue weighted by atomic mass is 16.4. The second-order valence-electron chi connectivity index (χ2n) is 4.73. The number of carboxylic acids is 1. The molecule has 0 aliphatic heterocycles. The van der Waals surface area contributed by atoms with Crippen LogP contribution in [0.3, 0.4) is 0 Å². The fourth-order valence-corrected chi connectivity index (χ4v) is 2.25. The van der Waals surface area contributed by atoms with E-state index in [2.05, 4.69) is 5.32 Å². The molecule has 5 nitrogen and oxygen atoms in total. The Labute approximate surface area is 123 Å². The Kier molecular flexibility index (Phi) is 4.77. The maximum Gasteiger partial charge on any atom is 0.337 e. The van der Waals surface area contributed by atoms with Gasteiger partial charge in [0, 0.05) is 18.4 Å². The van der Waals surface area contributed by atoms with E-state index in [-0.39, 0.29) is 18.0 Å². The molecule has 110 valence electrons. The molecule has 2 aromatic rings. The SMILES string of the molecule is CCc1c(C(=O)O)ccn1CC(=O)NCc1ccccc1. The molecule has 5 heteroatoms. The lowest BCUT2D eigenvalue weighted by Gasteiger charge is -2.09. The zero-order valence-corrected chi connectivity index (χ0v) is 11.9. The summed E-state index contributed by atoms with van der Waals surface area (Å²) >= 11 is 0. The van der Waals surface area contributed by atoms with E-state index in [1.165, 1.54) is 6.07 Å². The van der Waals surface area contributed by atoms with Crippen LogP contribution in [0.1, 0.15) is 28.5 Å². The van der Waals surface area contributed by atoms with Crippen LogP contribution in [0.2, 0.25) is 0 Å². The first-order valence-electron chi connectivity index (χ1n) is 6.83. The highest BCUT2D eigenvalue weighted by Gasteiger charge is 2.14. The largest absolute Gasteiger partial charge is 0.478 e. The topological polar surface area (TPSA) is 71.3 Å². The number of aromatic carboxylic acids is 1. The molecule has 0 bridgehead atoms.